The van der Waals surface area contributed by atoms with Crippen LogP contribution in [0.15, 0.2) is 0 Å². The monoisotopic (exact) mass is 193 g/mol. The first-order valence-corrected chi connectivity index (χ1v) is 5.52. The third-order valence-electron chi connectivity index (χ3n) is 1.22. The lowest BCUT2D eigenvalue weighted by Gasteiger charge is -2.40. The van der Waals surface area contributed by atoms with E-state index in [4.69, 9.17) is 4.52 Å². The van der Waals surface area contributed by atoms with Crippen LogP contribution in [-0.2, 0) is 9.09 Å². The molecular weight excluding hydrogens is 175 g/mol. The van der Waals surface area contributed by atoms with Crippen molar-refractivity contribution in [3.8, 4) is 0 Å². The van der Waals surface area contributed by atoms with Gasteiger partial charge in [-0.2, -0.15) is 0 Å². The maximum Gasteiger partial charge on any atom is 0.140 e. The predicted molar refractivity (Wildman–Crippen MR) is 48.2 cm³/mol. The molecule has 0 bridgehead atoms. The van der Waals surface area contributed by atoms with E-state index in [1.165, 1.54) is 0 Å². The molecule has 0 aromatic rings. The Bertz CT molecular complexity index is 197. The molecular formula is C8H18O3P-. The van der Waals surface area contributed by atoms with Gasteiger partial charge in [0, 0.05) is 5.16 Å². The first-order chi connectivity index (χ1) is 4.96. The molecule has 0 aliphatic carbocycles. The van der Waals surface area contributed by atoms with Gasteiger partial charge < -0.3 is 14.0 Å². The molecule has 0 aromatic carbocycles. The van der Waals surface area contributed by atoms with E-state index in [-0.39, 0.29) is 0 Å². The Morgan fingerprint density at radius 1 is 1.08 bits per heavy atom. The maximum atomic E-state index is 11.5. The summed E-state index contributed by atoms with van der Waals surface area (Å²) in [4.78, 5) is 11.5. The van der Waals surface area contributed by atoms with Crippen LogP contribution in [0.1, 0.15) is 41.5 Å². The van der Waals surface area contributed by atoms with Gasteiger partial charge in [-0.15, -0.1) is 0 Å². The average Bonchev–Trinajstić information content (AvgIpc) is 1.52. The molecule has 3 nitrogen and oxygen atoms in total. The smallest absolute Gasteiger partial charge is 0.140 e. The number of hydrogen-bond acceptors (Lipinski definition) is 3. The molecule has 0 spiro atoms. The number of rotatable bonds is 1. The highest BCUT2D eigenvalue weighted by atomic mass is 31.2. The highest BCUT2D eigenvalue weighted by molar-refractivity contribution is 7.53. The molecule has 0 N–H and O–H groups in total. The van der Waals surface area contributed by atoms with Crippen molar-refractivity contribution in [3.63, 3.8) is 0 Å². The van der Waals surface area contributed by atoms with E-state index in [0.29, 0.717) is 0 Å². The lowest BCUT2D eigenvalue weighted by Crippen LogP contribution is -2.31. The minimum Gasteiger partial charge on any atom is -0.778 e. The lowest BCUT2D eigenvalue weighted by molar-refractivity contribution is -0.212. The third-order valence-corrected chi connectivity index (χ3v) is 3.65. The van der Waals surface area contributed by atoms with E-state index >= 15 is 0 Å². The summed E-state index contributed by atoms with van der Waals surface area (Å²) >= 11 is 0. The fourth-order valence-corrected chi connectivity index (χ4v) is 1.49. The van der Waals surface area contributed by atoms with Gasteiger partial charge in [-0.05, 0) is 20.8 Å². The molecule has 0 amide bonds. The van der Waals surface area contributed by atoms with E-state index in [0.717, 1.165) is 0 Å². The van der Waals surface area contributed by atoms with E-state index in [9.17, 15) is 9.46 Å². The minimum absolute atomic E-state index is 0.634. The third kappa shape index (κ3) is 3.70. The van der Waals surface area contributed by atoms with Gasteiger partial charge in [-0.1, -0.05) is 20.8 Å². The Morgan fingerprint density at radius 3 is 1.50 bits per heavy atom. The Balaban J connectivity index is 4.57. The molecule has 12 heavy (non-hydrogen) atoms. The van der Waals surface area contributed by atoms with E-state index in [1.807, 2.05) is 0 Å². The number of hydrogen-bond donors (Lipinski definition) is 0. The highest BCUT2D eigenvalue weighted by Crippen LogP contribution is 2.53. The van der Waals surface area contributed by atoms with Crippen molar-refractivity contribution in [3.05, 3.63) is 0 Å². The van der Waals surface area contributed by atoms with Crippen LogP contribution >= 0.6 is 7.60 Å². The van der Waals surface area contributed by atoms with Gasteiger partial charge >= 0.3 is 0 Å². The SMILES string of the molecule is CC(C)(C)OP(=O)([O-])C(C)(C)C. The van der Waals surface area contributed by atoms with Crippen LogP contribution in [0.5, 0.6) is 0 Å². The maximum absolute atomic E-state index is 11.5. The van der Waals surface area contributed by atoms with Gasteiger partial charge in [0.2, 0.25) is 0 Å². The summed E-state index contributed by atoms with van der Waals surface area (Å²) in [6.45, 7) is 10.1. The molecule has 4 heteroatoms. The van der Waals surface area contributed by atoms with Crippen LogP contribution < -0.4 is 4.89 Å². The summed E-state index contributed by atoms with van der Waals surface area (Å²) in [6.07, 6.45) is 0. The first kappa shape index (κ1) is 12.2. The molecule has 1 unspecified atom stereocenters. The molecule has 0 aliphatic rings. The summed E-state index contributed by atoms with van der Waals surface area (Å²) in [6, 6.07) is 0. The Morgan fingerprint density at radius 2 is 1.42 bits per heavy atom. The Kier molecular flexibility index (Phi) is 3.17. The second-order valence-corrected chi connectivity index (χ2v) is 7.39. The fraction of sp³-hybridized carbons (Fsp3) is 1.00. The predicted octanol–water partition coefficient (Wildman–Crippen LogP) is 2.15. The van der Waals surface area contributed by atoms with Gasteiger partial charge in [0.1, 0.15) is 7.60 Å². The van der Waals surface area contributed by atoms with Crippen LogP contribution in [0.3, 0.4) is 0 Å². The first-order valence-electron chi connectivity index (χ1n) is 3.98. The van der Waals surface area contributed by atoms with Crippen LogP contribution in [0.4, 0.5) is 0 Å². The summed E-state index contributed by atoms with van der Waals surface area (Å²) in [5.41, 5.74) is -0.634. The van der Waals surface area contributed by atoms with Crippen LogP contribution in [0.25, 0.3) is 0 Å². The van der Waals surface area contributed by atoms with Crippen molar-refractivity contribution >= 4 is 7.60 Å². The van der Waals surface area contributed by atoms with Crippen molar-refractivity contribution in [1.82, 2.24) is 0 Å². The molecule has 1 atom stereocenters. The van der Waals surface area contributed by atoms with E-state index in [1.54, 1.807) is 41.5 Å². The van der Waals surface area contributed by atoms with Gasteiger partial charge in [0.05, 0.1) is 5.60 Å². The fourth-order valence-electron chi connectivity index (χ4n) is 0.497. The molecule has 0 heterocycles. The van der Waals surface area contributed by atoms with Gasteiger partial charge in [0.15, 0.2) is 0 Å². The van der Waals surface area contributed by atoms with Gasteiger partial charge in [-0.25, -0.2) is 0 Å². The van der Waals surface area contributed by atoms with Crippen molar-refractivity contribution in [2.45, 2.75) is 52.3 Å². The van der Waals surface area contributed by atoms with Crippen LogP contribution in [0.2, 0.25) is 0 Å². The van der Waals surface area contributed by atoms with Crippen molar-refractivity contribution in [2.75, 3.05) is 0 Å². The largest absolute Gasteiger partial charge is 0.778 e. The second kappa shape index (κ2) is 3.13. The minimum atomic E-state index is -3.75. The zero-order valence-electron chi connectivity index (χ0n) is 8.67. The van der Waals surface area contributed by atoms with E-state index in [2.05, 4.69) is 0 Å². The summed E-state index contributed by atoms with van der Waals surface area (Å²) in [5, 5.41) is -0.819. The molecule has 0 radical (unpaired) electrons. The zero-order valence-corrected chi connectivity index (χ0v) is 9.57. The second-order valence-electron chi connectivity index (χ2n) is 4.87. The Hall–Kier alpha value is 0.150. The average molecular weight is 193 g/mol. The molecule has 0 aliphatic heterocycles. The van der Waals surface area contributed by atoms with Crippen LogP contribution in [0, 0.1) is 0 Å². The van der Waals surface area contributed by atoms with Gasteiger partial charge in [0.25, 0.3) is 0 Å². The van der Waals surface area contributed by atoms with Crippen molar-refractivity contribution in [2.24, 2.45) is 0 Å². The van der Waals surface area contributed by atoms with Crippen molar-refractivity contribution in [1.29, 1.82) is 0 Å². The molecule has 0 rings (SSSR count). The molecule has 0 aromatic heterocycles. The molecule has 74 valence electrons. The standard InChI is InChI=1S/C8H19O3P/c1-7(2,3)11-12(9,10)8(4,5)6/h1-6H3,(H,9,10)/p-1. The molecule has 0 saturated heterocycles. The highest BCUT2D eigenvalue weighted by Gasteiger charge is 2.30. The lowest BCUT2D eigenvalue weighted by atomic mass is 10.2. The van der Waals surface area contributed by atoms with Gasteiger partial charge in [-0.3, -0.25) is 0 Å². The normalized spacial score (nSPS) is 18.9. The quantitative estimate of drug-likeness (QED) is 0.599. The van der Waals surface area contributed by atoms with E-state index < -0.39 is 18.4 Å². The van der Waals surface area contributed by atoms with Crippen LogP contribution in [-0.4, -0.2) is 10.8 Å². The molecule has 0 saturated carbocycles. The van der Waals surface area contributed by atoms with Crippen molar-refractivity contribution < 1.29 is 14.0 Å². The molecule has 0 fully saturated rings. The Labute approximate surface area is 74.7 Å². The topological polar surface area (TPSA) is 49.4 Å². The zero-order chi connectivity index (χ0) is 10.2. The summed E-state index contributed by atoms with van der Waals surface area (Å²) in [7, 11) is -3.75. The summed E-state index contributed by atoms with van der Waals surface area (Å²) < 4.78 is 16.5. The summed E-state index contributed by atoms with van der Waals surface area (Å²) in [5.74, 6) is 0.